The number of anilines is 2. The highest BCUT2D eigenvalue weighted by molar-refractivity contribution is 7.89. The van der Waals surface area contributed by atoms with Crippen molar-refractivity contribution < 1.29 is 22.7 Å². The lowest BCUT2D eigenvalue weighted by atomic mass is 9.97. The van der Waals surface area contributed by atoms with Gasteiger partial charge in [0.25, 0.3) is 5.91 Å². The zero-order valence-electron chi connectivity index (χ0n) is 19.3. The van der Waals surface area contributed by atoms with E-state index in [1.165, 1.54) is 10.4 Å². The molecule has 2 aliphatic rings. The van der Waals surface area contributed by atoms with Crippen molar-refractivity contribution in [2.45, 2.75) is 51.5 Å². The maximum atomic E-state index is 13.4. The summed E-state index contributed by atoms with van der Waals surface area (Å²) in [5, 5.41) is 5.71. The molecule has 2 heterocycles. The molecule has 8 nitrogen and oxygen atoms in total. The second-order valence-corrected chi connectivity index (χ2v) is 10.8. The zero-order chi connectivity index (χ0) is 23.9. The van der Waals surface area contributed by atoms with Gasteiger partial charge in [0, 0.05) is 30.8 Å². The summed E-state index contributed by atoms with van der Waals surface area (Å²) in [6.07, 6.45) is 0.203. The molecular formula is C24H29N3O5S. The quantitative estimate of drug-likeness (QED) is 0.711. The van der Waals surface area contributed by atoms with E-state index in [2.05, 4.69) is 10.6 Å². The number of rotatable bonds is 4. The van der Waals surface area contributed by atoms with Crippen LogP contribution in [0.15, 0.2) is 35.2 Å². The van der Waals surface area contributed by atoms with Crippen LogP contribution in [-0.2, 0) is 19.6 Å². The summed E-state index contributed by atoms with van der Waals surface area (Å²) in [7, 11) is -3.77. The third kappa shape index (κ3) is 4.74. The van der Waals surface area contributed by atoms with Gasteiger partial charge in [0.2, 0.25) is 15.9 Å². The van der Waals surface area contributed by atoms with Gasteiger partial charge in [-0.25, -0.2) is 8.42 Å². The average molecular weight is 472 g/mol. The largest absolute Gasteiger partial charge is 0.479 e. The Bertz CT molecular complexity index is 1200. The van der Waals surface area contributed by atoms with Crippen molar-refractivity contribution in [3.05, 3.63) is 47.0 Å². The molecule has 0 saturated carbocycles. The van der Waals surface area contributed by atoms with Crippen LogP contribution in [0.1, 0.15) is 36.5 Å². The van der Waals surface area contributed by atoms with Crippen LogP contribution in [0.3, 0.4) is 0 Å². The molecule has 1 saturated heterocycles. The first-order chi connectivity index (χ1) is 15.5. The summed E-state index contributed by atoms with van der Waals surface area (Å²) in [6.45, 7) is 7.79. The molecule has 0 aromatic heterocycles. The molecule has 0 aliphatic carbocycles. The molecule has 2 amide bonds. The van der Waals surface area contributed by atoms with Gasteiger partial charge < -0.3 is 15.4 Å². The Morgan fingerprint density at radius 1 is 1.06 bits per heavy atom. The molecule has 2 aromatic carbocycles. The van der Waals surface area contributed by atoms with Gasteiger partial charge in [0.15, 0.2) is 6.10 Å². The highest BCUT2D eigenvalue weighted by Crippen LogP contribution is 2.36. The van der Waals surface area contributed by atoms with Gasteiger partial charge in [-0.1, -0.05) is 6.07 Å². The molecule has 0 radical (unpaired) electrons. The molecule has 9 heteroatoms. The van der Waals surface area contributed by atoms with E-state index in [0.717, 1.165) is 16.8 Å². The lowest BCUT2D eigenvalue weighted by Crippen LogP contribution is -2.41. The smallest absolute Gasteiger partial charge is 0.265 e. The Hall–Kier alpha value is -2.91. The Morgan fingerprint density at radius 3 is 2.33 bits per heavy atom. The number of benzene rings is 2. The molecule has 0 bridgehead atoms. The minimum absolute atomic E-state index is 0.0832. The van der Waals surface area contributed by atoms with Gasteiger partial charge in [-0.2, -0.15) is 4.31 Å². The Labute approximate surface area is 194 Å². The predicted molar refractivity (Wildman–Crippen MR) is 126 cm³/mol. The summed E-state index contributed by atoms with van der Waals surface area (Å²) >= 11 is 0. The summed E-state index contributed by atoms with van der Waals surface area (Å²) in [5.41, 5.74) is 3.91. The van der Waals surface area contributed by atoms with E-state index in [0.29, 0.717) is 29.8 Å². The van der Waals surface area contributed by atoms with Crippen LogP contribution in [0.2, 0.25) is 0 Å². The van der Waals surface area contributed by atoms with Gasteiger partial charge in [0.05, 0.1) is 10.6 Å². The molecule has 1 fully saturated rings. The van der Waals surface area contributed by atoms with Crippen molar-refractivity contribution in [3.8, 4) is 5.75 Å². The van der Waals surface area contributed by atoms with Crippen LogP contribution in [-0.4, -0.2) is 43.7 Å². The predicted octanol–water partition coefficient (Wildman–Crippen LogP) is 3.37. The topological polar surface area (TPSA) is 105 Å². The summed E-state index contributed by atoms with van der Waals surface area (Å²) < 4.78 is 33.7. The molecule has 0 unspecified atom stereocenters. The van der Waals surface area contributed by atoms with Crippen LogP contribution in [0.5, 0.6) is 5.75 Å². The van der Waals surface area contributed by atoms with E-state index in [1.54, 1.807) is 19.9 Å². The normalized spacial score (nSPS) is 19.4. The van der Waals surface area contributed by atoms with E-state index >= 15 is 0 Å². The van der Waals surface area contributed by atoms with Gasteiger partial charge in [-0.3, -0.25) is 9.59 Å². The number of ether oxygens (including phenoxy) is 1. The fraction of sp³-hybridized carbons (Fsp3) is 0.417. The molecule has 176 valence electrons. The van der Waals surface area contributed by atoms with Crippen LogP contribution < -0.4 is 15.4 Å². The lowest BCUT2D eigenvalue weighted by molar-refractivity contribution is -0.123. The number of nitrogens with one attached hydrogen (secondary N) is 2. The molecule has 0 spiro atoms. The van der Waals surface area contributed by atoms with Crippen molar-refractivity contribution >= 4 is 33.2 Å². The number of amides is 2. The monoisotopic (exact) mass is 471 g/mol. The number of aryl methyl sites for hydroxylation is 3. The van der Waals surface area contributed by atoms with Crippen molar-refractivity contribution in [2.75, 3.05) is 23.7 Å². The minimum Gasteiger partial charge on any atom is -0.479 e. The molecule has 2 aromatic rings. The molecule has 33 heavy (non-hydrogen) atoms. The Morgan fingerprint density at radius 2 is 1.70 bits per heavy atom. The van der Waals surface area contributed by atoms with E-state index in [-0.39, 0.29) is 35.7 Å². The van der Waals surface area contributed by atoms with E-state index in [4.69, 9.17) is 4.74 Å². The van der Waals surface area contributed by atoms with Gasteiger partial charge in [-0.05, 0) is 75.4 Å². The number of hydrogen-bond donors (Lipinski definition) is 2. The molecule has 1 atom stereocenters. The minimum atomic E-state index is -3.77. The number of carbonyl (C=O) groups excluding carboxylic acids is 2. The number of hydrogen-bond acceptors (Lipinski definition) is 5. The number of nitrogens with zero attached hydrogens (tertiary/aromatic N) is 1. The van der Waals surface area contributed by atoms with Crippen LogP contribution in [0.4, 0.5) is 11.4 Å². The third-order valence-electron chi connectivity index (χ3n) is 6.14. The molecule has 2 aliphatic heterocycles. The second kappa shape index (κ2) is 8.79. The molecule has 2 N–H and O–H groups in total. The first-order valence-corrected chi connectivity index (χ1v) is 12.5. The van der Waals surface area contributed by atoms with Gasteiger partial charge in [-0.15, -0.1) is 0 Å². The maximum absolute atomic E-state index is 13.4. The van der Waals surface area contributed by atoms with Crippen molar-refractivity contribution in [2.24, 2.45) is 5.92 Å². The van der Waals surface area contributed by atoms with Gasteiger partial charge >= 0.3 is 0 Å². The first kappa shape index (κ1) is 23.3. The number of sulfonamides is 1. The maximum Gasteiger partial charge on any atom is 0.265 e. The van der Waals surface area contributed by atoms with Crippen molar-refractivity contribution in [3.63, 3.8) is 0 Å². The molecule has 4 rings (SSSR count). The fourth-order valence-electron chi connectivity index (χ4n) is 4.41. The lowest BCUT2D eigenvalue weighted by Gasteiger charge is -2.31. The van der Waals surface area contributed by atoms with E-state index in [9.17, 15) is 18.0 Å². The van der Waals surface area contributed by atoms with Crippen molar-refractivity contribution in [1.82, 2.24) is 4.31 Å². The second-order valence-electron chi connectivity index (χ2n) is 8.91. The number of piperidine rings is 1. The molecular weight excluding hydrogens is 442 g/mol. The standard InChI is InChI=1S/C24H29N3O5S/c1-14-9-15(2)11-19(10-14)25-24(29)18-5-7-27(8-6-18)33(30,31)22-13-21-20(12-16(22)3)26-23(28)17(4)32-21/h9-13,17-18H,5-8H2,1-4H3,(H,25,29)(H,26,28)/t17-/m0/s1. The van der Waals surface area contributed by atoms with Gasteiger partial charge in [0.1, 0.15) is 5.75 Å². The number of fused-ring (bicyclic) bond motifs is 1. The average Bonchev–Trinajstić information content (AvgIpc) is 2.74. The van der Waals surface area contributed by atoms with Crippen LogP contribution in [0, 0.1) is 26.7 Å². The summed E-state index contributed by atoms with van der Waals surface area (Å²) in [6, 6.07) is 9.00. The van der Waals surface area contributed by atoms with Crippen molar-refractivity contribution in [1.29, 1.82) is 0 Å². The Kier molecular flexibility index (Phi) is 6.20. The fourth-order valence-corrected chi connectivity index (χ4v) is 6.10. The third-order valence-corrected chi connectivity index (χ3v) is 8.18. The highest BCUT2D eigenvalue weighted by atomic mass is 32.2. The van der Waals surface area contributed by atoms with Crippen LogP contribution >= 0.6 is 0 Å². The van der Waals surface area contributed by atoms with Crippen LogP contribution in [0.25, 0.3) is 0 Å². The highest BCUT2D eigenvalue weighted by Gasteiger charge is 2.34. The first-order valence-electron chi connectivity index (χ1n) is 11.1. The SMILES string of the molecule is Cc1cc(C)cc(NC(=O)C2CCN(S(=O)(=O)c3cc4c(cc3C)NC(=O)[C@H](C)O4)CC2)c1. The van der Waals surface area contributed by atoms with E-state index < -0.39 is 16.1 Å². The zero-order valence-corrected chi connectivity index (χ0v) is 20.1. The van der Waals surface area contributed by atoms with E-state index in [1.807, 2.05) is 32.0 Å². The summed E-state index contributed by atoms with van der Waals surface area (Å²) in [4.78, 5) is 24.7. The Balaban J connectivity index is 1.45. The number of carbonyl (C=O) groups is 2. The summed E-state index contributed by atoms with van der Waals surface area (Å²) in [5.74, 6) is -0.255.